The molecule has 1 rings (SSSR count). The maximum atomic E-state index is 10.6. The first-order valence-corrected chi connectivity index (χ1v) is 3.75. The van der Waals surface area contributed by atoms with Gasteiger partial charge in [-0.1, -0.05) is 13.8 Å². The van der Waals surface area contributed by atoms with Gasteiger partial charge in [0.05, 0.1) is 6.04 Å². The number of aliphatic hydroxyl groups excluding tert-OH is 1. The van der Waals surface area contributed by atoms with Crippen LogP contribution in [-0.4, -0.2) is 23.5 Å². The number of amides is 1. The number of carbonyl (C=O) groups is 1. The lowest BCUT2D eigenvalue weighted by molar-refractivity contribution is -0.0381. The minimum Gasteiger partial charge on any atom is -0.418 e. The van der Waals surface area contributed by atoms with E-state index in [9.17, 15) is 4.79 Å². The van der Waals surface area contributed by atoms with Crippen LogP contribution in [0.1, 0.15) is 20.3 Å². The lowest BCUT2D eigenvalue weighted by atomic mass is 10.0. The van der Waals surface area contributed by atoms with Crippen LogP contribution >= 0.6 is 0 Å². The van der Waals surface area contributed by atoms with Crippen LogP contribution in [0, 0.1) is 5.92 Å². The molecule has 0 saturated carbocycles. The van der Waals surface area contributed by atoms with E-state index in [-0.39, 0.29) is 6.04 Å². The summed E-state index contributed by atoms with van der Waals surface area (Å²) in [5.41, 5.74) is 0. The van der Waals surface area contributed by atoms with Crippen molar-refractivity contribution in [1.29, 1.82) is 0 Å². The van der Waals surface area contributed by atoms with Crippen LogP contribution < -0.4 is 5.32 Å². The Labute approximate surface area is 65.5 Å². The number of nitrogens with one attached hydrogen (secondary N) is 1. The molecule has 0 aromatic rings. The number of carbonyl (C=O) groups excluding carboxylic acids is 1. The third-order valence-electron chi connectivity index (χ3n) is 1.60. The van der Waals surface area contributed by atoms with Crippen molar-refractivity contribution >= 4 is 6.09 Å². The monoisotopic (exact) mass is 159 g/mol. The molecule has 4 nitrogen and oxygen atoms in total. The molecule has 1 fully saturated rings. The minimum absolute atomic E-state index is 0.234. The third kappa shape index (κ3) is 2.08. The molecule has 2 atom stereocenters. The highest BCUT2D eigenvalue weighted by Gasteiger charge is 2.32. The summed E-state index contributed by atoms with van der Waals surface area (Å²) in [5.74, 6) is 0.441. The summed E-state index contributed by atoms with van der Waals surface area (Å²) in [5, 5.41) is 11.6. The average molecular weight is 159 g/mol. The molecule has 0 bridgehead atoms. The maximum Gasteiger partial charge on any atom is 0.409 e. The van der Waals surface area contributed by atoms with Crippen molar-refractivity contribution < 1.29 is 14.6 Å². The van der Waals surface area contributed by atoms with E-state index in [1.807, 2.05) is 13.8 Å². The van der Waals surface area contributed by atoms with E-state index in [0.29, 0.717) is 5.92 Å². The number of hydrogen-bond acceptors (Lipinski definition) is 3. The fraction of sp³-hybridized carbons (Fsp3) is 0.857. The molecule has 1 heterocycles. The molecule has 11 heavy (non-hydrogen) atoms. The Morgan fingerprint density at radius 3 is 2.73 bits per heavy atom. The van der Waals surface area contributed by atoms with Gasteiger partial charge in [-0.05, 0) is 12.3 Å². The van der Waals surface area contributed by atoms with Crippen molar-refractivity contribution in [2.24, 2.45) is 5.92 Å². The highest BCUT2D eigenvalue weighted by molar-refractivity contribution is 5.69. The molecule has 1 amide bonds. The van der Waals surface area contributed by atoms with Crippen molar-refractivity contribution in [3.8, 4) is 0 Å². The van der Waals surface area contributed by atoms with Gasteiger partial charge in [0, 0.05) is 0 Å². The normalized spacial score (nSPS) is 30.4. The predicted molar refractivity (Wildman–Crippen MR) is 38.9 cm³/mol. The lowest BCUT2D eigenvalue weighted by Crippen LogP contribution is -2.32. The molecule has 0 aromatic heterocycles. The Bertz CT molecular complexity index is 158. The number of cyclic esters (lactones) is 1. The molecule has 0 radical (unpaired) electrons. The second-order valence-corrected chi connectivity index (χ2v) is 3.18. The summed E-state index contributed by atoms with van der Waals surface area (Å²) < 4.78 is 4.48. The Kier molecular flexibility index (Phi) is 2.34. The zero-order valence-electron chi connectivity index (χ0n) is 6.70. The van der Waals surface area contributed by atoms with E-state index >= 15 is 0 Å². The highest BCUT2D eigenvalue weighted by atomic mass is 16.7. The molecular formula is C7H13NO3. The summed E-state index contributed by atoms with van der Waals surface area (Å²) in [6.07, 6.45) is -0.750. The van der Waals surface area contributed by atoms with E-state index in [2.05, 4.69) is 10.1 Å². The van der Waals surface area contributed by atoms with Crippen molar-refractivity contribution in [2.75, 3.05) is 0 Å². The van der Waals surface area contributed by atoms with E-state index in [1.165, 1.54) is 0 Å². The number of ether oxygens (including phenoxy) is 1. The third-order valence-corrected chi connectivity index (χ3v) is 1.60. The SMILES string of the molecule is CC(C)CC1NC(=O)OC1O. The van der Waals surface area contributed by atoms with Crippen LogP contribution in [0.3, 0.4) is 0 Å². The van der Waals surface area contributed by atoms with Gasteiger partial charge >= 0.3 is 6.09 Å². The molecule has 1 saturated heterocycles. The first-order valence-electron chi connectivity index (χ1n) is 3.75. The Hall–Kier alpha value is -0.770. The first-order chi connectivity index (χ1) is 5.09. The van der Waals surface area contributed by atoms with Gasteiger partial charge < -0.3 is 15.2 Å². The number of rotatable bonds is 2. The average Bonchev–Trinajstić information content (AvgIpc) is 2.09. The van der Waals surface area contributed by atoms with Crippen molar-refractivity contribution in [1.82, 2.24) is 5.32 Å². The Morgan fingerprint density at radius 2 is 2.36 bits per heavy atom. The summed E-state index contributed by atoms with van der Waals surface area (Å²) in [6.45, 7) is 4.05. The largest absolute Gasteiger partial charge is 0.418 e. The summed E-state index contributed by atoms with van der Waals surface area (Å²) in [4.78, 5) is 10.6. The molecule has 1 aliphatic heterocycles. The zero-order valence-corrected chi connectivity index (χ0v) is 6.70. The topological polar surface area (TPSA) is 58.6 Å². The molecule has 2 unspecified atom stereocenters. The van der Waals surface area contributed by atoms with Gasteiger partial charge in [0.15, 0.2) is 0 Å². The van der Waals surface area contributed by atoms with Gasteiger partial charge in [-0.2, -0.15) is 0 Å². The van der Waals surface area contributed by atoms with Gasteiger partial charge in [0.2, 0.25) is 6.29 Å². The van der Waals surface area contributed by atoms with E-state index in [1.54, 1.807) is 0 Å². The van der Waals surface area contributed by atoms with Crippen molar-refractivity contribution in [3.05, 3.63) is 0 Å². The summed E-state index contributed by atoms with van der Waals surface area (Å²) >= 11 is 0. The maximum absolute atomic E-state index is 10.6. The van der Waals surface area contributed by atoms with E-state index < -0.39 is 12.4 Å². The fourth-order valence-electron chi connectivity index (χ4n) is 1.13. The van der Waals surface area contributed by atoms with Gasteiger partial charge in [0.25, 0.3) is 0 Å². The summed E-state index contributed by atoms with van der Waals surface area (Å²) in [6, 6.07) is -0.234. The zero-order chi connectivity index (χ0) is 8.43. The standard InChI is InChI=1S/C7H13NO3/c1-4(2)3-5-6(9)11-7(10)8-5/h4-6,9H,3H2,1-2H3,(H,8,10). The number of alkyl carbamates (subject to hydrolysis) is 1. The smallest absolute Gasteiger partial charge is 0.409 e. The van der Waals surface area contributed by atoms with Gasteiger partial charge in [-0.25, -0.2) is 4.79 Å². The summed E-state index contributed by atoms with van der Waals surface area (Å²) in [7, 11) is 0. The van der Waals surface area contributed by atoms with Crippen LogP contribution in [0.25, 0.3) is 0 Å². The molecule has 2 N–H and O–H groups in total. The van der Waals surface area contributed by atoms with E-state index in [4.69, 9.17) is 5.11 Å². The second-order valence-electron chi connectivity index (χ2n) is 3.18. The van der Waals surface area contributed by atoms with Gasteiger partial charge in [0.1, 0.15) is 0 Å². The minimum atomic E-state index is -0.968. The van der Waals surface area contributed by atoms with Crippen LogP contribution in [0.5, 0.6) is 0 Å². The lowest BCUT2D eigenvalue weighted by Gasteiger charge is -2.13. The molecule has 1 aliphatic rings. The predicted octanol–water partition coefficient (Wildman–Crippen LogP) is 0.459. The molecule has 64 valence electrons. The molecule has 0 aliphatic carbocycles. The molecule has 4 heteroatoms. The quantitative estimate of drug-likeness (QED) is 0.615. The van der Waals surface area contributed by atoms with Crippen LogP contribution in [0.2, 0.25) is 0 Å². The van der Waals surface area contributed by atoms with Crippen LogP contribution in [0.15, 0.2) is 0 Å². The molecule has 0 aromatic carbocycles. The van der Waals surface area contributed by atoms with Gasteiger partial charge in [-0.3, -0.25) is 0 Å². The highest BCUT2D eigenvalue weighted by Crippen LogP contribution is 2.13. The van der Waals surface area contributed by atoms with Crippen molar-refractivity contribution in [2.45, 2.75) is 32.6 Å². The second kappa shape index (κ2) is 3.09. The van der Waals surface area contributed by atoms with E-state index in [0.717, 1.165) is 6.42 Å². The van der Waals surface area contributed by atoms with Gasteiger partial charge in [-0.15, -0.1) is 0 Å². The number of hydrogen-bond donors (Lipinski definition) is 2. The van der Waals surface area contributed by atoms with Crippen LogP contribution in [0.4, 0.5) is 4.79 Å². The number of aliphatic hydroxyl groups is 1. The first kappa shape index (κ1) is 8.33. The Balaban J connectivity index is 2.40. The fourth-order valence-corrected chi connectivity index (χ4v) is 1.13. The van der Waals surface area contributed by atoms with Crippen molar-refractivity contribution in [3.63, 3.8) is 0 Å². The van der Waals surface area contributed by atoms with Crippen LogP contribution in [-0.2, 0) is 4.74 Å². The molecule has 0 spiro atoms. The Morgan fingerprint density at radius 1 is 1.73 bits per heavy atom. The molecular weight excluding hydrogens is 146 g/mol.